The van der Waals surface area contributed by atoms with Gasteiger partial charge in [-0.1, -0.05) is 29.3 Å². The van der Waals surface area contributed by atoms with Crippen molar-refractivity contribution in [3.8, 4) is 0 Å². The van der Waals surface area contributed by atoms with Crippen LogP contribution in [0.2, 0.25) is 5.02 Å². The van der Waals surface area contributed by atoms with Crippen LogP contribution in [-0.2, 0) is 14.6 Å². The molecule has 0 saturated heterocycles. The van der Waals surface area contributed by atoms with Crippen LogP contribution in [0.1, 0.15) is 5.56 Å². The van der Waals surface area contributed by atoms with Gasteiger partial charge < -0.3 is 5.32 Å². The van der Waals surface area contributed by atoms with Gasteiger partial charge in [-0.3, -0.25) is 14.9 Å². The number of amides is 1. The summed E-state index contributed by atoms with van der Waals surface area (Å²) in [6, 6.07) is 9.59. The van der Waals surface area contributed by atoms with E-state index >= 15 is 0 Å². The highest BCUT2D eigenvalue weighted by Crippen LogP contribution is 2.26. The number of aryl methyl sites for hydroxylation is 1. The van der Waals surface area contributed by atoms with Crippen molar-refractivity contribution >= 4 is 38.7 Å². The van der Waals surface area contributed by atoms with Crippen LogP contribution in [0.15, 0.2) is 47.4 Å². The number of nitro groups is 1. The van der Waals surface area contributed by atoms with Gasteiger partial charge in [0.15, 0.2) is 9.84 Å². The van der Waals surface area contributed by atoms with Crippen molar-refractivity contribution in [1.29, 1.82) is 0 Å². The molecule has 1 N–H and O–H groups in total. The fourth-order valence-electron chi connectivity index (χ4n) is 1.91. The summed E-state index contributed by atoms with van der Waals surface area (Å²) in [5.74, 6) is -1.63. The predicted octanol–water partition coefficient (Wildman–Crippen LogP) is 2.97. The minimum atomic E-state index is -3.82. The van der Waals surface area contributed by atoms with Crippen LogP contribution in [0, 0.1) is 17.0 Å². The fourth-order valence-corrected chi connectivity index (χ4v) is 3.21. The standard InChI is InChI=1S/C15H13ClN2O5S/c1-10-2-5-12(6-3-10)24(22,23)9-15(19)17-14-8-11(18(20)21)4-7-13(14)16/h2-8H,9H2,1H3,(H,17,19). The average molecular weight is 369 g/mol. The van der Waals surface area contributed by atoms with E-state index in [2.05, 4.69) is 5.32 Å². The average Bonchev–Trinajstić information content (AvgIpc) is 2.49. The Balaban J connectivity index is 2.17. The lowest BCUT2D eigenvalue weighted by Crippen LogP contribution is -2.23. The summed E-state index contributed by atoms with van der Waals surface area (Å²) in [4.78, 5) is 22.1. The van der Waals surface area contributed by atoms with Crippen molar-refractivity contribution in [3.05, 3.63) is 63.2 Å². The lowest BCUT2D eigenvalue weighted by Gasteiger charge is -2.08. The van der Waals surface area contributed by atoms with Crippen LogP contribution in [0.3, 0.4) is 0 Å². The van der Waals surface area contributed by atoms with E-state index in [0.29, 0.717) is 0 Å². The molecule has 2 rings (SSSR count). The van der Waals surface area contributed by atoms with E-state index in [1.165, 1.54) is 24.3 Å². The molecule has 0 heterocycles. The number of halogens is 1. The first-order valence-corrected chi connectivity index (χ1v) is 8.75. The Bertz CT molecular complexity index is 895. The first-order valence-electron chi connectivity index (χ1n) is 6.72. The topological polar surface area (TPSA) is 106 Å². The van der Waals surface area contributed by atoms with E-state index in [1.54, 1.807) is 12.1 Å². The number of carbonyl (C=O) groups is 1. The number of non-ortho nitro benzene ring substituents is 1. The second-order valence-electron chi connectivity index (χ2n) is 5.04. The zero-order valence-corrected chi connectivity index (χ0v) is 14.1. The molecule has 24 heavy (non-hydrogen) atoms. The van der Waals surface area contributed by atoms with Crippen molar-refractivity contribution in [2.45, 2.75) is 11.8 Å². The number of hydrogen-bond acceptors (Lipinski definition) is 5. The number of nitro benzene ring substituents is 1. The number of rotatable bonds is 5. The molecule has 7 nitrogen and oxygen atoms in total. The molecule has 0 fully saturated rings. The quantitative estimate of drug-likeness (QED) is 0.645. The number of anilines is 1. The van der Waals surface area contributed by atoms with E-state index in [4.69, 9.17) is 11.6 Å². The summed E-state index contributed by atoms with van der Waals surface area (Å²) in [7, 11) is -3.82. The summed E-state index contributed by atoms with van der Waals surface area (Å²) in [6.07, 6.45) is 0. The van der Waals surface area contributed by atoms with Gasteiger partial charge in [-0.2, -0.15) is 0 Å². The van der Waals surface area contributed by atoms with E-state index in [-0.39, 0.29) is 21.3 Å². The number of carbonyl (C=O) groups excluding carboxylic acids is 1. The van der Waals surface area contributed by atoms with Gasteiger partial charge in [0.2, 0.25) is 5.91 Å². The highest BCUT2D eigenvalue weighted by atomic mass is 35.5. The fraction of sp³-hybridized carbons (Fsp3) is 0.133. The molecule has 0 saturated carbocycles. The number of nitrogens with zero attached hydrogens (tertiary/aromatic N) is 1. The molecule has 126 valence electrons. The number of nitrogens with one attached hydrogen (secondary N) is 1. The Kier molecular flexibility index (Phi) is 5.20. The van der Waals surface area contributed by atoms with Crippen molar-refractivity contribution in [2.75, 3.05) is 11.1 Å². The third-order valence-electron chi connectivity index (χ3n) is 3.14. The van der Waals surface area contributed by atoms with Crippen molar-refractivity contribution in [3.63, 3.8) is 0 Å². The number of hydrogen-bond donors (Lipinski definition) is 1. The van der Waals surface area contributed by atoms with Crippen LogP contribution < -0.4 is 5.32 Å². The maximum atomic E-state index is 12.2. The maximum Gasteiger partial charge on any atom is 0.271 e. The molecule has 2 aromatic carbocycles. The Morgan fingerprint density at radius 1 is 1.21 bits per heavy atom. The molecule has 0 aliphatic rings. The highest BCUT2D eigenvalue weighted by Gasteiger charge is 2.20. The summed E-state index contributed by atoms with van der Waals surface area (Å²) in [6.45, 7) is 1.81. The molecule has 0 spiro atoms. The molecule has 9 heteroatoms. The molecule has 1 amide bonds. The monoisotopic (exact) mass is 368 g/mol. The van der Waals surface area contributed by atoms with Crippen molar-refractivity contribution in [2.24, 2.45) is 0 Å². The van der Waals surface area contributed by atoms with Gasteiger partial charge in [0.1, 0.15) is 5.75 Å². The SMILES string of the molecule is Cc1ccc(S(=O)(=O)CC(=O)Nc2cc([N+](=O)[O-])ccc2Cl)cc1. The highest BCUT2D eigenvalue weighted by molar-refractivity contribution is 7.92. The first-order chi connectivity index (χ1) is 11.2. The van der Waals surface area contributed by atoms with Gasteiger partial charge in [-0.25, -0.2) is 8.42 Å². The molecular formula is C15H13ClN2O5S. The van der Waals surface area contributed by atoms with E-state index in [0.717, 1.165) is 11.6 Å². The molecule has 0 atom stereocenters. The molecule has 0 aliphatic carbocycles. The molecule has 2 aromatic rings. The molecule has 0 radical (unpaired) electrons. The van der Waals surface area contributed by atoms with Crippen LogP contribution in [-0.4, -0.2) is 25.0 Å². The minimum absolute atomic E-state index is 0.0185. The predicted molar refractivity (Wildman–Crippen MR) is 90.0 cm³/mol. The normalized spacial score (nSPS) is 11.1. The third kappa shape index (κ3) is 4.30. The van der Waals surface area contributed by atoms with E-state index < -0.39 is 26.4 Å². The Morgan fingerprint density at radius 2 is 1.83 bits per heavy atom. The largest absolute Gasteiger partial charge is 0.324 e. The van der Waals surface area contributed by atoms with Crippen molar-refractivity contribution < 1.29 is 18.1 Å². The zero-order valence-electron chi connectivity index (χ0n) is 12.5. The Labute approximate surface area is 143 Å². The lowest BCUT2D eigenvalue weighted by atomic mass is 10.2. The minimum Gasteiger partial charge on any atom is -0.324 e. The van der Waals surface area contributed by atoms with Crippen LogP contribution in [0.4, 0.5) is 11.4 Å². The van der Waals surface area contributed by atoms with Gasteiger partial charge >= 0.3 is 0 Å². The molecular weight excluding hydrogens is 356 g/mol. The Morgan fingerprint density at radius 3 is 2.42 bits per heavy atom. The lowest BCUT2D eigenvalue weighted by molar-refractivity contribution is -0.384. The van der Waals surface area contributed by atoms with Gasteiger partial charge in [-0.05, 0) is 25.1 Å². The van der Waals surface area contributed by atoms with Crippen LogP contribution >= 0.6 is 11.6 Å². The zero-order chi connectivity index (χ0) is 17.9. The summed E-state index contributed by atoms with van der Waals surface area (Å²) >= 11 is 5.86. The summed E-state index contributed by atoms with van der Waals surface area (Å²) < 4.78 is 24.4. The number of sulfone groups is 1. The molecule has 0 unspecified atom stereocenters. The third-order valence-corrected chi connectivity index (χ3v) is 5.10. The number of benzene rings is 2. The second-order valence-corrected chi connectivity index (χ2v) is 7.44. The van der Waals surface area contributed by atoms with Gasteiger partial charge in [0.05, 0.1) is 20.5 Å². The molecule has 0 bridgehead atoms. The van der Waals surface area contributed by atoms with E-state index in [1.807, 2.05) is 6.92 Å². The van der Waals surface area contributed by atoms with Gasteiger partial charge in [0, 0.05) is 12.1 Å². The maximum absolute atomic E-state index is 12.2. The smallest absolute Gasteiger partial charge is 0.271 e. The summed E-state index contributed by atoms with van der Waals surface area (Å²) in [5, 5.41) is 13.1. The van der Waals surface area contributed by atoms with Crippen LogP contribution in [0.5, 0.6) is 0 Å². The van der Waals surface area contributed by atoms with E-state index in [9.17, 15) is 23.3 Å². The first kappa shape index (κ1) is 17.9. The second kappa shape index (κ2) is 6.98. The van der Waals surface area contributed by atoms with Gasteiger partial charge in [-0.15, -0.1) is 0 Å². The molecule has 0 aromatic heterocycles. The molecule has 0 aliphatic heterocycles. The van der Waals surface area contributed by atoms with Crippen molar-refractivity contribution in [1.82, 2.24) is 0 Å². The Hall–Kier alpha value is -2.45. The summed E-state index contributed by atoms with van der Waals surface area (Å²) in [5.41, 5.74) is 0.604. The van der Waals surface area contributed by atoms with Gasteiger partial charge in [0.25, 0.3) is 5.69 Å². The van der Waals surface area contributed by atoms with Crippen LogP contribution in [0.25, 0.3) is 0 Å².